The molecule has 0 saturated heterocycles. The number of carbonyl (C=O) groups excluding carboxylic acids is 1. The van der Waals surface area contributed by atoms with Crippen LogP contribution in [0.25, 0.3) is 21.8 Å². The fraction of sp³-hybridized carbons (Fsp3) is 0.333. The van der Waals surface area contributed by atoms with Crippen LogP contribution >= 0.6 is 0 Å². The molecule has 114 valence electrons. The fourth-order valence-corrected chi connectivity index (χ4v) is 2.96. The van der Waals surface area contributed by atoms with E-state index in [0.29, 0.717) is 6.61 Å². The minimum Gasteiger partial charge on any atom is -0.461 e. The first-order valence-corrected chi connectivity index (χ1v) is 7.82. The number of aromatic amines is 1. The molecule has 1 N–H and O–H groups in total. The molecule has 0 atom stereocenters. The maximum Gasteiger partial charge on any atom is 0.372 e. The van der Waals surface area contributed by atoms with Gasteiger partial charge >= 0.3 is 5.97 Å². The first kappa shape index (κ1) is 14.6. The molecule has 0 fully saturated rings. The molecule has 4 heteroatoms. The van der Waals surface area contributed by atoms with Crippen molar-refractivity contribution in [3.8, 4) is 0 Å². The first-order chi connectivity index (χ1) is 10.7. The lowest BCUT2D eigenvalue weighted by molar-refractivity contribution is -0.692. The lowest BCUT2D eigenvalue weighted by atomic mass is 10.1. The molecule has 0 amide bonds. The van der Waals surface area contributed by atoms with E-state index in [1.54, 1.807) is 0 Å². The number of nitrogens with one attached hydrogen (secondary N) is 1. The maximum atomic E-state index is 11.8. The second-order valence-electron chi connectivity index (χ2n) is 5.40. The highest BCUT2D eigenvalue weighted by molar-refractivity contribution is 6.07. The Bertz CT molecular complexity index is 820. The molecule has 0 bridgehead atoms. The largest absolute Gasteiger partial charge is 0.461 e. The van der Waals surface area contributed by atoms with Crippen molar-refractivity contribution < 1.29 is 14.1 Å². The molecule has 0 aliphatic heterocycles. The van der Waals surface area contributed by atoms with Crippen molar-refractivity contribution in [2.75, 3.05) is 6.61 Å². The third-order valence-electron chi connectivity index (χ3n) is 3.89. The van der Waals surface area contributed by atoms with Crippen LogP contribution in [0.15, 0.2) is 36.5 Å². The highest BCUT2D eigenvalue weighted by atomic mass is 16.5. The molecule has 0 aliphatic rings. The zero-order valence-corrected chi connectivity index (χ0v) is 13.1. The van der Waals surface area contributed by atoms with Gasteiger partial charge in [-0.15, -0.1) is 0 Å². The molecule has 0 saturated carbocycles. The van der Waals surface area contributed by atoms with Crippen LogP contribution in [0.5, 0.6) is 0 Å². The van der Waals surface area contributed by atoms with Crippen molar-refractivity contribution in [2.45, 2.75) is 33.2 Å². The Morgan fingerprint density at radius 1 is 1.18 bits per heavy atom. The highest BCUT2D eigenvalue weighted by Crippen LogP contribution is 2.26. The van der Waals surface area contributed by atoms with Gasteiger partial charge in [-0.1, -0.05) is 25.1 Å². The molecular weight excluding hydrogens is 276 g/mol. The number of esters is 1. The SMILES string of the molecule is CCCc1c2[nH]c3ccccc3c2cc[n+]1CC(=O)OCC. The average molecular weight is 297 g/mol. The van der Waals surface area contributed by atoms with E-state index in [2.05, 4.69) is 36.2 Å². The van der Waals surface area contributed by atoms with Gasteiger partial charge in [0, 0.05) is 28.8 Å². The van der Waals surface area contributed by atoms with Crippen LogP contribution in [0, 0.1) is 0 Å². The van der Waals surface area contributed by atoms with Gasteiger partial charge in [0.25, 0.3) is 0 Å². The van der Waals surface area contributed by atoms with Gasteiger partial charge in [-0.3, -0.25) is 0 Å². The van der Waals surface area contributed by atoms with E-state index in [1.807, 2.05) is 23.8 Å². The fourth-order valence-electron chi connectivity index (χ4n) is 2.96. The minimum absolute atomic E-state index is 0.194. The summed E-state index contributed by atoms with van der Waals surface area (Å²) in [4.78, 5) is 15.3. The highest BCUT2D eigenvalue weighted by Gasteiger charge is 2.20. The van der Waals surface area contributed by atoms with E-state index < -0.39 is 0 Å². The molecule has 3 aromatic rings. The summed E-state index contributed by atoms with van der Waals surface area (Å²) in [5.74, 6) is -0.194. The molecule has 0 radical (unpaired) electrons. The number of aryl methyl sites for hydroxylation is 1. The third-order valence-corrected chi connectivity index (χ3v) is 3.89. The molecule has 2 aromatic heterocycles. The van der Waals surface area contributed by atoms with Gasteiger partial charge in [0.2, 0.25) is 12.2 Å². The Hall–Kier alpha value is -2.36. The van der Waals surface area contributed by atoms with Crippen LogP contribution in [0.1, 0.15) is 26.0 Å². The number of ether oxygens (including phenoxy) is 1. The maximum absolute atomic E-state index is 11.8. The number of rotatable bonds is 5. The van der Waals surface area contributed by atoms with Crippen molar-refractivity contribution in [2.24, 2.45) is 0 Å². The quantitative estimate of drug-likeness (QED) is 0.581. The third kappa shape index (κ3) is 2.56. The number of hydrogen-bond acceptors (Lipinski definition) is 2. The summed E-state index contributed by atoms with van der Waals surface area (Å²) < 4.78 is 7.08. The number of para-hydroxylation sites is 1. The number of carbonyl (C=O) groups is 1. The molecular formula is C18H21N2O2+. The van der Waals surface area contributed by atoms with Gasteiger partial charge in [0.15, 0.2) is 6.20 Å². The molecule has 3 rings (SSSR count). The van der Waals surface area contributed by atoms with Gasteiger partial charge in [-0.2, -0.15) is 4.57 Å². The van der Waals surface area contributed by atoms with Gasteiger partial charge in [0.05, 0.1) is 6.61 Å². The Kier molecular flexibility index (Phi) is 4.09. The Morgan fingerprint density at radius 2 is 2.00 bits per heavy atom. The van der Waals surface area contributed by atoms with E-state index in [9.17, 15) is 4.79 Å². The lowest BCUT2D eigenvalue weighted by Gasteiger charge is -2.04. The van der Waals surface area contributed by atoms with Crippen LogP contribution < -0.4 is 4.57 Å². The predicted molar refractivity (Wildman–Crippen MR) is 86.6 cm³/mol. The summed E-state index contributed by atoms with van der Waals surface area (Å²) >= 11 is 0. The molecule has 0 aliphatic carbocycles. The summed E-state index contributed by atoms with van der Waals surface area (Å²) in [7, 11) is 0. The summed E-state index contributed by atoms with van der Waals surface area (Å²) in [6, 6.07) is 10.4. The molecule has 1 aromatic carbocycles. The van der Waals surface area contributed by atoms with E-state index in [1.165, 1.54) is 10.8 Å². The van der Waals surface area contributed by atoms with Crippen LogP contribution in [0.4, 0.5) is 0 Å². The summed E-state index contributed by atoms with van der Waals surface area (Å²) in [5.41, 5.74) is 3.41. The van der Waals surface area contributed by atoms with E-state index >= 15 is 0 Å². The van der Waals surface area contributed by atoms with E-state index in [0.717, 1.165) is 29.6 Å². The summed E-state index contributed by atoms with van der Waals surface area (Å²) in [6.45, 7) is 4.65. The van der Waals surface area contributed by atoms with Crippen LogP contribution in [-0.4, -0.2) is 17.6 Å². The smallest absolute Gasteiger partial charge is 0.372 e. The second-order valence-corrected chi connectivity index (χ2v) is 5.40. The Morgan fingerprint density at radius 3 is 2.77 bits per heavy atom. The second kappa shape index (κ2) is 6.18. The van der Waals surface area contributed by atoms with Crippen molar-refractivity contribution in [3.05, 3.63) is 42.2 Å². The van der Waals surface area contributed by atoms with Crippen molar-refractivity contribution in [3.63, 3.8) is 0 Å². The Balaban J connectivity index is 2.14. The normalized spacial score (nSPS) is 11.2. The van der Waals surface area contributed by atoms with Gasteiger partial charge in [-0.05, 0) is 19.4 Å². The van der Waals surface area contributed by atoms with E-state index in [-0.39, 0.29) is 12.5 Å². The predicted octanol–water partition coefficient (Wildman–Crippen LogP) is 3.12. The minimum atomic E-state index is -0.194. The number of benzene rings is 1. The topological polar surface area (TPSA) is 46.0 Å². The summed E-state index contributed by atoms with van der Waals surface area (Å²) in [6.07, 6.45) is 3.94. The molecule has 22 heavy (non-hydrogen) atoms. The van der Waals surface area contributed by atoms with Crippen molar-refractivity contribution >= 4 is 27.8 Å². The molecule has 0 spiro atoms. The van der Waals surface area contributed by atoms with Crippen LogP contribution in [-0.2, 0) is 22.5 Å². The van der Waals surface area contributed by atoms with Crippen molar-refractivity contribution in [1.29, 1.82) is 0 Å². The number of nitrogens with zero attached hydrogens (tertiary/aromatic N) is 1. The van der Waals surface area contributed by atoms with Gasteiger partial charge in [-0.25, -0.2) is 4.79 Å². The standard InChI is InChI=1S/C18H20N2O2/c1-3-7-16-18-14(13-8-5-6-9-15(13)19-18)10-11-20(16)12-17(21)22-4-2/h5-6,8-11H,3-4,7,12H2,1-2H3/p+1. The molecule has 0 unspecified atom stereocenters. The van der Waals surface area contributed by atoms with E-state index in [4.69, 9.17) is 4.74 Å². The number of H-pyrrole nitrogens is 1. The number of fused-ring (bicyclic) bond motifs is 3. The number of aromatic nitrogens is 2. The van der Waals surface area contributed by atoms with Crippen LogP contribution in [0.2, 0.25) is 0 Å². The number of hydrogen-bond donors (Lipinski definition) is 1. The van der Waals surface area contributed by atoms with Gasteiger partial charge < -0.3 is 9.72 Å². The zero-order chi connectivity index (χ0) is 15.5. The van der Waals surface area contributed by atoms with Gasteiger partial charge in [0.1, 0.15) is 5.52 Å². The molecule has 4 nitrogen and oxygen atoms in total. The molecule has 2 heterocycles. The first-order valence-electron chi connectivity index (χ1n) is 7.82. The average Bonchev–Trinajstić information content (AvgIpc) is 2.89. The monoisotopic (exact) mass is 297 g/mol. The van der Waals surface area contributed by atoms with Crippen LogP contribution in [0.3, 0.4) is 0 Å². The Labute approximate surface area is 129 Å². The summed E-state index contributed by atoms with van der Waals surface area (Å²) in [5, 5.41) is 2.43. The van der Waals surface area contributed by atoms with Crippen molar-refractivity contribution in [1.82, 2.24) is 4.98 Å². The lowest BCUT2D eigenvalue weighted by Crippen LogP contribution is -2.42. The number of pyridine rings is 1. The zero-order valence-electron chi connectivity index (χ0n) is 13.1.